The molecule has 0 fully saturated rings. The van der Waals surface area contributed by atoms with E-state index in [9.17, 15) is 0 Å². The Bertz CT molecular complexity index is 619. The Hall–Kier alpha value is -2.08. The highest BCUT2D eigenvalue weighted by atomic mass is 35.5. The first-order chi connectivity index (χ1) is 9.44. The molecule has 0 bridgehead atoms. The zero-order valence-electron chi connectivity index (χ0n) is 11.4. The van der Waals surface area contributed by atoms with Gasteiger partial charge in [0.1, 0.15) is 5.75 Å². The fraction of sp³-hybridized carbons (Fsp3) is 0.308. The van der Waals surface area contributed by atoms with Gasteiger partial charge in [-0.1, -0.05) is 11.6 Å². The second kappa shape index (κ2) is 5.92. The van der Waals surface area contributed by atoms with Gasteiger partial charge in [0.25, 0.3) is 0 Å². The molecule has 106 valence electrons. The van der Waals surface area contributed by atoms with Gasteiger partial charge in [0.2, 0.25) is 5.95 Å². The lowest BCUT2D eigenvalue weighted by molar-refractivity contribution is 0.219. The number of hydrogen-bond acceptors (Lipinski definition) is 6. The van der Waals surface area contributed by atoms with Crippen LogP contribution in [0.25, 0.3) is 0 Å². The molecular weight excluding hydrogens is 280 g/mol. The van der Waals surface area contributed by atoms with E-state index in [0.29, 0.717) is 10.8 Å². The Labute approximate surface area is 121 Å². The molecule has 2 aromatic rings. The Morgan fingerprint density at radius 2 is 1.85 bits per heavy atom. The Balaban J connectivity index is 2.26. The summed E-state index contributed by atoms with van der Waals surface area (Å²) >= 11 is 5.89. The fourth-order valence-electron chi connectivity index (χ4n) is 1.49. The van der Waals surface area contributed by atoms with E-state index in [1.165, 1.54) is 0 Å². The molecule has 0 unspecified atom stereocenters. The van der Waals surface area contributed by atoms with Crippen LogP contribution in [0.1, 0.15) is 19.4 Å². The molecule has 0 aliphatic heterocycles. The van der Waals surface area contributed by atoms with Crippen molar-refractivity contribution in [3.8, 4) is 17.8 Å². The third-order valence-electron chi connectivity index (χ3n) is 2.29. The molecule has 1 aromatic carbocycles. The standard InChI is InChI=1S/C13H15ClN4O2/c1-7(2)19-12-16-11(15)17-13(18-12)20-10-5-4-9(14)6-8(10)3/h4-7H,1-3H3,(H2,15,16,17,18). The van der Waals surface area contributed by atoms with Crippen LogP contribution < -0.4 is 15.2 Å². The molecule has 6 nitrogen and oxygen atoms in total. The Morgan fingerprint density at radius 1 is 1.15 bits per heavy atom. The average Bonchev–Trinajstić information content (AvgIpc) is 2.31. The summed E-state index contributed by atoms with van der Waals surface area (Å²) in [6.45, 7) is 5.60. The molecule has 0 aliphatic carbocycles. The molecule has 0 amide bonds. The zero-order valence-corrected chi connectivity index (χ0v) is 12.2. The van der Waals surface area contributed by atoms with Crippen molar-refractivity contribution in [3.05, 3.63) is 28.8 Å². The highest BCUT2D eigenvalue weighted by molar-refractivity contribution is 6.30. The summed E-state index contributed by atoms with van der Waals surface area (Å²) in [7, 11) is 0. The van der Waals surface area contributed by atoms with Crippen molar-refractivity contribution in [2.75, 3.05) is 5.73 Å². The summed E-state index contributed by atoms with van der Waals surface area (Å²) in [5.74, 6) is 0.632. The molecule has 0 spiro atoms. The molecule has 7 heteroatoms. The predicted molar refractivity (Wildman–Crippen MR) is 76.3 cm³/mol. The summed E-state index contributed by atoms with van der Waals surface area (Å²) in [6, 6.07) is 5.46. The van der Waals surface area contributed by atoms with E-state index in [4.69, 9.17) is 26.8 Å². The van der Waals surface area contributed by atoms with Crippen LogP contribution in [0.15, 0.2) is 18.2 Å². The molecule has 2 rings (SSSR count). The van der Waals surface area contributed by atoms with Crippen LogP contribution in [-0.2, 0) is 0 Å². The fourth-order valence-corrected chi connectivity index (χ4v) is 1.71. The number of ether oxygens (including phenoxy) is 2. The Kier molecular flexibility index (Phi) is 4.24. The molecule has 0 saturated heterocycles. The van der Waals surface area contributed by atoms with Crippen molar-refractivity contribution in [1.82, 2.24) is 15.0 Å². The summed E-state index contributed by atoms with van der Waals surface area (Å²) in [5.41, 5.74) is 6.47. The van der Waals surface area contributed by atoms with Crippen LogP contribution in [0.2, 0.25) is 5.02 Å². The number of nitrogens with two attached hydrogens (primary N) is 1. The monoisotopic (exact) mass is 294 g/mol. The molecule has 1 aromatic heterocycles. The molecule has 2 N–H and O–H groups in total. The van der Waals surface area contributed by atoms with E-state index in [1.807, 2.05) is 20.8 Å². The van der Waals surface area contributed by atoms with Crippen LogP contribution in [0.5, 0.6) is 17.8 Å². The zero-order chi connectivity index (χ0) is 14.7. The van der Waals surface area contributed by atoms with Gasteiger partial charge in [-0.25, -0.2) is 0 Å². The maximum absolute atomic E-state index is 5.89. The van der Waals surface area contributed by atoms with E-state index >= 15 is 0 Å². The predicted octanol–water partition coefficient (Wildman–Crippen LogP) is 3.00. The van der Waals surface area contributed by atoms with Crippen molar-refractivity contribution in [1.29, 1.82) is 0 Å². The van der Waals surface area contributed by atoms with Crippen LogP contribution in [0.4, 0.5) is 5.95 Å². The lowest BCUT2D eigenvalue weighted by atomic mass is 10.2. The number of benzene rings is 1. The van der Waals surface area contributed by atoms with E-state index in [-0.39, 0.29) is 24.1 Å². The average molecular weight is 295 g/mol. The van der Waals surface area contributed by atoms with Gasteiger partial charge in [0.05, 0.1) is 6.10 Å². The topological polar surface area (TPSA) is 83.2 Å². The normalized spacial score (nSPS) is 10.7. The van der Waals surface area contributed by atoms with Crippen molar-refractivity contribution in [2.24, 2.45) is 0 Å². The van der Waals surface area contributed by atoms with Gasteiger partial charge in [0, 0.05) is 5.02 Å². The van der Waals surface area contributed by atoms with Crippen molar-refractivity contribution in [3.63, 3.8) is 0 Å². The SMILES string of the molecule is Cc1cc(Cl)ccc1Oc1nc(N)nc(OC(C)C)n1. The van der Waals surface area contributed by atoms with Gasteiger partial charge in [-0.2, -0.15) is 9.97 Å². The van der Waals surface area contributed by atoms with Gasteiger partial charge < -0.3 is 15.2 Å². The summed E-state index contributed by atoms with van der Waals surface area (Å²) in [5, 5.41) is 0.633. The van der Waals surface area contributed by atoms with Crippen LogP contribution in [-0.4, -0.2) is 21.1 Å². The lowest BCUT2D eigenvalue weighted by Crippen LogP contribution is -2.11. The second-order valence-electron chi connectivity index (χ2n) is 4.44. The largest absolute Gasteiger partial charge is 0.461 e. The second-order valence-corrected chi connectivity index (χ2v) is 4.87. The first-order valence-corrected chi connectivity index (χ1v) is 6.44. The molecule has 0 atom stereocenters. The quantitative estimate of drug-likeness (QED) is 0.933. The molecule has 1 heterocycles. The number of hydrogen-bond donors (Lipinski definition) is 1. The van der Waals surface area contributed by atoms with Crippen LogP contribution in [0, 0.1) is 6.92 Å². The van der Waals surface area contributed by atoms with Crippen molar-refractivity contribution < 1.29 is 9.47 Å². The summed E-state index contributed by atoms with van der Waals surface area (Å²) < 4.78 is 11.0. The smallest absolute Gasteiger partial charge is 0.330 e. The molecule has 0 radical (unpaired) electrons. The van der Waals surface area contributed by atoms with Crippen LogP contribution in [0.3, 0.4) is 0 Å². The number of aromatic nitrogens is 3. The minimum Gasteiger partial charge on any atom is -0.461 e. The van der Waals surface area contributed by atoms with E-state index in [2.05, 4.69) is 15.0 Å². The number of halogens is 1. The molecule has 20 heavy (non-hydrogen) atoms. The minimum absolute atomic E-state index is 0.0391. The van der Waals surface area contributed by atoms with Crippen molar-refractivity contribution >= 4 is 17.5 Å². The van der Waals surface area contributed by atoms with E-state index in [0.717, 1.165) is 5.56 Å². The number of aryl methyl sites for hydroxylation is 1. The van der Waals surface area contributed by atoms with E-state index < -0.39 is 0 Å². The molecule has 0 saturated carbocycles. The number of nitrogen functional groups attached to an aromatic ring is 1. The Morgan fingerprint density at radius 3 is 2.50 bits per heavy atom. The first kappa shape index (κ1) is 14.3. The maximum Gasteiger partial charge on any atom is 0.330 e. The summed E-state index contributed by atoms with van der Waals surface area (Å²) in [4.78, 5) is 11.9. The molecular formula is C13H15ClN4O2. The van der Waals surface area contributed by atoms with Gasteiger partial charge >= 0.3 is 12.0 Å². The maximum atomic E-state index is 5.89. The third-order valence-corrected chi connectivity index (χ3v) is 2.53. The highest BCUT2D eigenvalue weighted by Gasteiger charge is 2.10. The number of rotatable bonds is 4. The summed E-state index contributed by atoms with van der Waals surface area (Å²) in [6.07, 6.45) is -0.0677. The highest BCUT2D eigenvalue weighted by Crippen LogP contribution is 2.26. The lowest BCUT2D eigenvalue weighted by Gasteiger charge is -2.10. The number of anilines is 1. The van der Waals surface area contributed by atoms with Gasteiger partial charge in [0.15, 0.2) is 0 Å². The third kappa shape index (κ3) is 3.71. The van der Waals surface area contributed by atoms with Crippen molar-refractivity contribution in [2.45, 2.75) is 26.9 Å². The van der Waals surface area contributed by atoms with Gasteiger partial charge in [-0.15, -0.1) is 4.98 Å². The van der Waals surface area contributed by atoms with E-state index in [1.54, 1.807) is 18.2 Å². The number of nitrogens with zero attached hydrogens (tertiary/aromatic N) is 3. The first-order valence-electron chi connectivity index (χ1n) is 6.06. The van der Waals surface area contributed by atoms with Gasteiger partial charge in [-0.05, 0) is 44.5 Å². The minimum atomic E-state index is -0.0677. The van der Waals surface area contributed by atoms with Crippen LogP contribution >= 0.6 is 11.6 Å². The molecule has 0 aliphatic rings. The van der Waals surface area contributed by atoms with Gasteiger partial charge in [-0.3, -0.25) is 0 Å².